The summed E-state index contributed by atoms with van der Waals surface area (Å²) in [6, 6.07) is 5.01. The van der Waals surface area contributed by atoms with Crippen molar-refractivity contribution in [3.05, 3.63) is 34.6 Å². The molecule has 2 unspecified atom stereocenters. The van der Waals surface area contributed by atoms with Gasteiger partial charge in [0.15, 0.2) is 0 Å². The Morgan fingerprint density at radius 1 is 1.50 bits per heavy atom. The van der Waals surface area contributed by atoms with Gasteiger partial charge in [-0.05, 0) is 25.0 Å². The first-order valence-electron chi connectivity index (χ1n) is 6.55. The van der Waals surface area contributed by atoms with E-state index in [0.29, 0.717) is 23.7 Å². The fraction of sp³-hybridized carbons (Fsp3) is 0.571. The molecule has 1 heterocycles. The third-order valence-electron chi connectivity index (χ3n) is 3.82. The molecule has 0 bridgehead atoms. The van der Waals surface area contributed by atoms with E-state index in [9.17, 15) is 4.39 Å². The molecule has 0 radical (unpaired) electrons. The molecule has 20 heavy (non-hydrogen) atoms. The monoisotopic (exact) mass is 322 g/mol. The summed E-state index contributed by atoms with van der Waals surface area (Å²) in [5.74, 6) is -0.253. The lowest BCUT2D eigenvalue weighted by molar-refractivity contribution is 0.00989. The Balaban J connectivity index is 0.00000200. The summed E-state index contributed by atoms with van der Waals surface area (Å²) < 4.78 is 19.2. The fourth-order valence-corrected chi connectivity index (χ4v) is 2.84. The molecular formula is C14H21Cl2FN2O. The van der Waals surface area contributed by atoms with Gasteiger partial charge in [0.25, 0.3) is 0 Å². The molecule has 1 saturated heterocycles. The molecule has 2 rings (SSSR count). The molecule has 1 aliphatic rings. The number of likely N-dealkylation sites (tertiary alicyclic amines) is 1. The molecule has 0 spiro atoms. The summed E-state index contributed by atoms with van der Waals surface area (Å²) >= 11 is 6.07. The van der Waals surface area contributed by atoms with E-state index in [1.807, 2.05) is 0 Å². The summed E-state index contributed by atoms with van der Waals surface area (Å²) in [6.07, 6.45) is 2.08. The Morgan fingerprint density at radius 3 is 2.85 bits per heavy atom. The van der Waals surface area contributed by atoms with Crippen LogP contribution in [0.3, 0.4) is 0 Å². The standard InChI is InChI=1S/C14H20ClFN2O.ClH/c1-19-11-5-6-18(10(7-11)8-17)9-12-13(15)3-2-4-14(12)16;/h2-4,10-11H,5-9,17H2,1H3;1H. The summed E-state index contributed by atoms with van der Waals surface area (Å²) in [5, 5.41) is 0.477. The molecule has 0 saturated carbocycles. The second-order valence-corrected chi connectivity index (χ2v) is 5.35. The van der Waals surface area contributed by atoms with E-state index >= 15 is 0 Å². The van der Waals surface area contributed by atoms with Crippen LogP contribution in [0.5, 0.6) is 0 Å². The number of hydrogen-bond acceptors (Lipinski definition) is 3. The lowest BCUT2D eigenvalue weighted by atomic mass is 9.98. The largest absolute Gasteiger partial charge is 0.381 e. The maximum Gasteiger partial charge on any atom is 0.129 e. The number of nitrogens with two attached hydrogens (primary N) is 1. The van der Waals surface area contributed by atoms with E-state index in [1.165, 1.54) is 6.07 Å². The van der Waals surface area contributed by atoms with Crippen LogP contribution in [-0.4, -0.2) is 37.2 Å². The molecule has 1 aliphatic heterocycles. The van der Waals surface area contributed by atoms with Crippen LogP contribution >= 0.6 is 24.0 Å². The Kier molecular flexibility index (Phi) is 7.20. The second-order valence-electron chi connectivity index (χ2n) is 4.94. The van der Waals surface area contributed by atoms with Gasteiger partial charge in [-0.15, -0.1) is 12.4 Å². The van der Waals surface area contributed by atoms with Crippen molar-refractivity contribution in [2.24, 2.45) is 5.73 Å². The summed E-state index contributed by atoms with van der Waals surface area (Å²) in [7, 11) is 1.72. The number of hydrogen-bond donors (Lipinski definition) is 1. The highest BCUT2D eigenvalue weighted by Gasteiger charge is 2.28. The van der Waals surface area contributed by atoms with Crippen LogP contribution in [0.15, 0.2) is 18.2 Å². The normalized spacial score (nSPS) is 23.4. The molecule has 2 N–H and O–H groups in total. The maximum absolute atomic E-state index is 13.8. The SMILES string of the molecule is COC1CCN(Cc2c(F)cccc2Cl)C(CN)C1.Cl. The van der Waals surface area contributed by atoms with Crippen LogP contribution in [0.1, 0.15) is 18.4 Å². The van der Waals surface area contributed by atoms with Gasteiger partial charge in [-0.2, -0.15) is 0 Å². The van der Waals surface area contributed by atoms with Crippen molar-refractivity contribution in [2.45, 2.75) is 31.5 Å². The van der Waals surface area contributed by atoms with E-state index in [-0.39, 0.29) is 30.4 Å². The molecule has 1 aromatic carbocycles. The van der Waals surface area contributed by atoms with Gasteiger partial charge in [0.1, 0.15) is 5.82 Å². The molecule has 0 aliphatic carbocycles. The zero-order valence-electron chi connectivity index (χ0n) is 11.5. The molecule has 1 fully saturated rings. The topological polar surface area (TPSA) is 38.5 Å². The van der Waals surface area contributed by atoms with Crippen molar-refractivity contribution in [1.82, 2.24) is 4.90 Å². The average Bonchev–Trinajstić information content (AvgIpc) is 2.43. The second kappa shape index (κ2) is 8.15. The molecule has 1 aromatic rings. The van der Waals surface area contributed by atoms with E-state index < -0.39 is 0 Å². The van der Waals surface area contributed by atoms with E-state index in [0.717, 1.165) is 19.4 Å². The molecule has 0 amide bonds. The van der Waals surface area contributed by atoms with Gasteiger partial charge < -0.3 is 10.5 Å². The Morgan fingerprint density at radius 2 is 2.25 bits per heavy atom. The minimum atomic E-state index is -0.253. The summed E-state index contributed by atoms with van der Waals surface area (Å²) in [6.45, 7) is 1.90. The van der Waals surface area contributed by atoms with Crippen molar-refractivity contribution in [3.8, 4) is 0 Å². The van der Waals surface area contributed by atoms with Crippen LogP contribution in [0, 0.1) is 5.82 Å². The van der Waals surface area contributed by atoms with Crippen molar-refractivity contribution in [2.75, 3.05) is 20.2 Å². The number of rotatable bonds is 4. The number of benzene rings is 1. The maximum atomic E-state index is 13.8. The van der Waals surface area contributed by atoms with E-state index in [4.69, 9.17) is 22.1 Å². The molecule has 0 aromatic heterocycles. The predicted molar refractivity (Wildman–Crippen MR) is 81.9 cm³/mol. The number of piperidine rings is 1. The van der Waals surface area contributed by atoms with Gasteiger partial charge in [-0.25, -0.2) is 4.39 Å². The fourth-order valence-electron chi connectivity index (χ4n) is 2.62. The number of methoxy groups -OCH3 is 1. The molecule has 114 valence electrons. The van der Waals surface area contributed by atoms with Crippen LogP contribution < -0.4 is 5.73 Å². The predicted octanol–water partition coefficient (Wildman–Crippen LogP) is 2.84. The number of halogens is 3. The van der Waals surface area contributed by atoms with Crippen molar-refractivity contribution in [3.63, 3.8) is 0 Å². The molecule has 3 nitrogen and oxygen atoms in total. The molecular weight excluding hydrogens is 302 g/mol. The number of ether oxygens (including phenoxy) is 1. The Labute approximate surface area is 130 Å². The van der Waals surface area contributed by atoms with Crippen LogP contribution in [-0.2, 0) is 11.3 Å². The lowest BCUT2D eigenvalue weighted by Gasteiger charge is -2.38. The van der Waals surface area contributed by atoms with E-state index in [2.05, 4.69) is 4.90 Å². The molecule has 2 atom stereocenters. The highest BCUT2D eigenvalue weighted by Crippen LogP contribution is 2.25. The Bertz CT molecular complexity index is 413. The third-order valence-corrected chi connectivity index (χ3v) is 4.17. The smallest absolute Gasteiger partial charge is 0.129 e. The highest BCUT2D eigenvalue weighted by molar-refractivity contribution is 6.31. The van der Waals surface area contributed by atoms with E-state index in [1.54, 1.807) is 19.2 Å². The minimum Gasteiger partial charge on any atom is -0.381 e. The van der Waals surface area contributed by atoms with Gasteiger partial charge in [-0.1, -0.05) is 17.7 Å². The van der Waals surface area contributed by atoms with Gasteiger partial charge >= 0.3 is 0 Å². The van der Waals surface area contributed by atoms with Crippen molar-refractivity contribution >= 4 is 24.0 Å². The summed E-state index contributed by atoms with van der Waals surface area (Å²) in [4.78, 5) is 2.19. The van der Waals surface area contributed by atoms with Gasteiger partial charge in [0, 0.05) is 43.4 Å². The van der Waals surface area contributed by atoms with Gasteiger partial charge in [0.2, 0.25) is 0 Å². The quantitative estimate of drug-likeness (QED) is 0.926. The van der Waals surface area contributed by atoms with Crippen LogP contribution in [0.25, 0.3) is 0 Å². The first-order valence-corrected chi connectivity index (χ1v) is 6.93. The first kappa shape index (κ1) is 17.7. The average molecular weight is 323 g/mol. The van der Waals surface area contributed by atoms with Crippen LogP contribution in [0.4, 0.5) is 4.39 Å². The third kappa shape index (κ3) is 4.06. The molecule has 6 heteroatoms. The highest BCUT2D eigenvalue weighted by atomic mass is 35.5. The summed E-state index contributed by atoms with van der Waals surface area (Å²) in [5.41, 5.74) is 6.37. The Hall–Kier alpha value is -0.390. The number of nitrogens with zero attached hydrogens (tertiary/aromatic N) is 1. The van der Waals surface area contributed by atoms with Crippen molar-refractivity contribution in [1.29, 1.82) is 0 Å². The first-order chi connectivity index (χ1) is 9.15. The van der Waals surface area contributed by atoms with Gasteiger partial charge in [0.05, 0.1) is 6.10 Å². The van der Waals surface area contributed by atoms with Crippen LogP contribution in [0.2, 0.25) is 5.02 Å². The van der Waals surface area contributed by atoms with Crippen molar-refractivity contribution < 1.29 is 9.13 Å². The minimum absolute atomic E-state index is 0. The van der Waals surface area contributed by atoms with Gasteiger partial charge in [-0.3, -0.25) is 4.90 Å². The zero-order valence-corrected chi connectivity index (χ0v) is 13.1. The zero-order chi connectivity index (χ0) is 13.8. The lowest BCUT2D eigenvalue weighted by Crippen LogP contribution is -2.48.